The quantitative estimate of drug-likeness (QED) is 0.685. The molecule has 1 N–H and O–H groups in total. The number of halogens is 3. The molecule has 0 saturated carbocycles. The molecule has 2 aromatic rings. The van der Waals surface area contributed by atoms with Crippen molar-refractivity contribution in [2.24, 2.45) is 0 Å². The monoisotopic (exact) mass is 458 g/mol. The number of para-hydroxylation sites is 1. The molecule has 0 radical (unpaired) electrons. The van der Waals surface area contributed by atoms with Gasteiger partial charge in [-0.3, -0.25) is 9.10 Å². The topological polar surface area (TPSA) is 84.9 Å². The summed E-state index contributed by atoms with van der Waals surface area (Å²) < 4.78 is 75.7. The Hall–Kier alpha value is -2.95. The van der Waals surface area contributed by atoms with Crippen LogP contribution in [0.4, 0.5) is 24.5 Å². The summed E-state index contributed by atoms with van der Waals surface area (Å²) in [6, 6.07) is 9.36. The van der Waals surface area contributed by atoms with Crippen molar-refractivity contribution in [1.82, 2.24) is 0 Å². The Morgan fingerprint density at radius 2 is 1.77 bits per heavy atom. The van der Waals surface area contributed by atoms with E-state index in [2.05, 4.69) is 5.32 Å². The lowest BCUT2D eigenvalue weighted by molar-refractivity contribution is -0.137. The molecule has 168 valence electrons. The van der Waals surface area contributed by atoms with Gasteiger partial charge in [-0.25, -0.2) is 8.42 Å². The number of alkyl halides is 3. The van der Waals surface area contributed by atoms with Crippen molar-refractivity contribution in [1.29, 1.82) is 0 Å². The lowest BCUT2D eigenvalue weighted by atomic mass is 10.1. The van der Waals surface area contributed by atoms with Gasteiger partial charge in [0.25, 0.3) is 0 Å². The van der Waals surface area contributed by atoms with Crippen LogP contribution in [0.5, 0.6) is 11.5 Å². The van der Waals surface area contributed by atoms with Gasteiger partial charge in [0.15, 0.2) is 11.5 Å². The first kappa shape index (κ1) is 22.7. The number of ether oxygens (including phenoxy) is 2. The van der Waals surface area contributed by atoms with E-state index in [0.29, 0.717) is 30.4 Å². The summed E-state index contributed by atoms with van der Waals surface area (Å²) in [4.78, 5) is 12.2. The predicted molar refractivity (Wildman–Crippen MR) is 109 cm³/mol. The van der Waals surface area contributed by atoms with Crippen LogP contribution >= 0.6 is 0 Å². The van der Waals surface area contributed by atoms with E-state index in [-0.39, 0.29) is 25.1 Å². The van der Waals surface area contributed by atoms with Crippen LogP contribution in [0.1, 0.15) is 18.4 Å². The minimum absolute atomic E-state index is 0.0349. The highest BCUT2D eigenvalue weighted by molar-refractivity contribution is 7.92. The number of nitrogens with zero attached hydrogens (tertiary/aromatic N) is 1. The zero-order valence-electron chi connectivity index (χ0n) is 16.6. The highest BCUT2D eigenvalue weighted by Crippen LogP contribution is 2.36. The molecule has 0 aromatic heterocycles. The number of sulfonamides is 1. The molecule has 1 aliphatic heterocycles. The minimum atomic E-state index is -4.60. The van der Waals surface area contributed by atoms with Gasteiger partial charge >= 0.3 is 6.18 Å². The smallest absolute Gasteiger partial charge is 0.418 e. The summed E-state index contributed by atoms with van der Waals surface area (Å²) in [6.45, 7) is 0.705. The normalized spacial score (nSPS) is 13.5. The van der Waals surface area contributed by atoms with Crippen molar-refractivity contribution < 1.29 is 35.9 Å². The van der Waals surface area contributed by atoms with Gasteiger partial charge in [-0.1, -0.05) is 12.1 Å². The molecule has 31 heavy (non-hydrogen) atoms. The predicted octanol–water partition coefficient (Wildman–Crippen LogP) is 3.66. The van der Waals surface area contributed by atoms with Crippen LogP contribution in [0.2, 0.25) is 0 Å². The van der Waals surface area contributed by atoms with Crippen LogP contribution in [0.25, 0.3) is 0 Å². The first-order valence-corrected chi connectivity index (χ1v) is 11.2. The second-order valence-corrected chi connectivity index (χ2v) is 8.76. The Bertz CT molecular complexity index is 1060. The second-order valence-electron chi connectivity index (χ2n) is 6.86. The average Bonchev–Trinajstić information content (AvgIpc) is 2.69. The Morgan fingerprint density at radius 3 is 2.45 bits per heavy atom. The molecule has 3 rings (SSSR count). The fourth-order valence-corrected chi connectivity index (χ4v) is 4.07. The van der Waals surface area contributed by atoms with Crippen LogP contribution in [0.3, 0.4) is 0 Å². The molecule has 7 nitrogen and oxygen atoms in total. The SMILES string of the molecule is CS(=O)(=O)N(CCCC(=O)Nc1ccccc1C(F)(F)F)c1ccc2c(c1)OCCO2. The highest BCUT2D eigenvalue weighted by atomic mass is 32.2. The first-order valence-electron chi connectivity index (χ1n) is 9.39. The van der Waals surface area contributed by atoms with Gasteiger partial charge < -0.3 is 14.8 Å². The molecule has 1 aliphatic rings. The van der Waals surface area contributed by atoms with E-state index in [0.717, 1.165) is 16.6 Å². The molecule has 0 spiro atoms. The second kappa shape index (κ2) is 9.04. The fraction of sp³-hybridized carbons (Fsp3) is 0.350. The zero-order valence-corrected chi connectivity index (χ0v) is 17.4. The number of hydrogen-bond acceptors (Lipinski definition) is 5. The van der Waals surface area contributed by atoms with Gasteiger partial charge in [-0.2, -0.15) is 13.2 Å². The van der Waals surface area contributed by atoms with Gasteiger partial charge in [0.05, 0.1) is 23.2 Å². The Balaban J connectivity index is 1.65. The number of nitrogens with one attached hydrogen (secondary N) is 1. The molecule has 0 fully saturated rings. The summed E-state index contributed by atoms with van der Waals surface area (Å²) in [7, 11) is -3.67. The van der Waals surface area contributed by atoms with Crippen molar-refractivity contribution in [3.63, 3.8) is 0 Å². The van der Waals surface area contributed by atoms with Crippen LogP contribution in [-0.2, 0) is 21.0 Å². The van der Waals surface area contributed by atoms with E-state index in [4.69, 9.17) is 9.47 Å². The molecular weight excluding hydrogens is 437 g/mol. The van der Waals surface area contributed by atoms with E-state index >= 15 is 0 Å². The molecule has 0 bridgehead atoms. The van der Waals surface area contributed by atoms with E-state index in [1.54, 1.807) is 12.1 Å². The van der Waals surface area contributed by atoms with Gasteiger partial charge in [0, 0.05) is 19.0 Å². The summed E-state index contributed by atoms with van der Waals surface area (Å²) in [5.74, 6) is 0.275. The fourth-order valence-electron chi connectivity index (χ4n) is 3.11. The first-order chi connectivity index (χ1) is 14.6. The maximum absolute atomic E-state index is 13.1. The molecule has 0 aliphatic carbocycles. The van der Waals surface area contributed by atoms with Gasteiger partial charge in [0.1, 0.15) is 13.2 Å². The summed E-state index contributed by atoms with van der Waals surface area (Å²) in [6.07, 6.45) is -3.64. The minimum Gasteiger partial charge on any atom is -0.486 e. The maximum atomic E-state index is 13.1. The van der Waals surface area contributed by atoms with Crippen molar-refractivity contribution in [3.05, 3.63) is 48.0 Å². The largest absolute Gasteiger partial charge is 0.486 e. The number of carbonyl (C=O) groups excluding carboxylic acids is 1. The third kappa shape index (κ3) is 5.81. The van der Waals surface area contributed by atoms with Gasteiger partial charge in [-0.05, 0) is 30.7 Å². The number of amides is 1. The van der Waals surface area contributed by atoms with Crippen LogP contribution in [-0.4, -0.2) is 40.3 Å². The number of benzene rings is 2. The molecule has 1 amide bonds. The van der Waals surface area contributed by atoms with Crippen molar-refractivity contribution in [2.75, 3.05) is 35.6 Å². The van der Waals surface area contributed by atoms with Crippen molar-refractivity contribution in [3.8, 4) is 11.5 Å². The summed E-state index contributed by atoms with van der Waals surface area (Å²) >= 11 is 0. The highest BCUT2D eigenvalue weighted by Gasteiger charge is 2.33. The lowest BCUT2D eigenvalue weighted by Crippen LogP contribution is -2.31. The van der Waals surface area contributed by atoms with Crippen LogP contribution < -0.4 is 19.1 Å². The van der Waals surface area contributed by atoms with Gasteiger partial charge in [0.2, 0.25) is 15.9 Å². The van der Waals surface area contributed by atoms with E-state index in [9.17, 15) is 26.4 Å². The summed E-state index contributed by atoms with van der Waals surface area (Å²) in [5.41, 5.74) is -0.946. The number of carbonyl (C=O) groups is 1. The average molecular weight is 458 g/mol. The molecule has 1 heterocycles. The summed E-state index contributed by atoms with van der Waals surface area (Å²) in [5, 5.41) is 2.25. The lowest BCUT2D eigenvalue weighted by Gasteiger charge is -2.25. The maximum Gasteiger partial charge on any atom is 0.418 e. The number of anilines is 2. The molecule has 2 aromatic carbocycles. The molecule has 0 saturated heterocycles. The number of hydrogen-bond donors (Lipinski definition) is 1. The zero-order chi connectivity index (χ0) is 22.6. The molecule has 0 atom stereocenters. The van der Waals surface area contributed by atoms with E-state index in [1.165, 1.54) is 24.3 Å². The number of fused-ring (bicyclic) bond motifs is 1. The van der Waals surface area contributed by atoms with Crippen molar-refractivity contribution >= 4 is 27.3 Å². The van der Waals surface area contributed by atoms with Crippen LogP contribution in [0, 0.1) is 0 Å². The molecule has 0 unspecified atom stereocenters. The van der Waals surface area contributed by atoms with E-state index in [1.807, 2.05) is 0 Å². The Kier molecular flexibility index (Phi) is 6.63. The van der Waals surface area contributed by atoms with E-state index < -0.39 is 27.7 Å². The Labute approximate surface area is 177 Å². The third-order valence-electron chi connectivity index (χ3n) is 4.49. The van der Waals surface area contributed by atoms with Crippen LogP contribution in [0.15, 0.2) is 42.5 Å². The third-order valence-corrected chi connectivity index (χ3v) is 5.68. The standard InChI is InChI=1S/C20H21F3N2O5S/c1-31(27,28)25(14-8-9-17-18(13-14)30-12-11-29-17)10-4-7-19(26)24-16-6-3-2-5-15(16)20(21,22)23/h2-3,5-6,8-9,13H,4,7,10-12H2,1H3,(H,24,26). The Morgan fingerprint density at radius 1 is 1.10 bits per heavy atom. The van der Waals surface area contributed by atoms with Gasteiger partial charge in [-0.15, -0.1) is 0 Å². The molecule has 11 heteroatoms. The van der Waals surface area contributed by atoms with Crippen molar-refractivity contribution in [2.45, 2.75) is 19.0 Å². The molecular formula is C20H21F3N2O5S. The number of rotatable bonds is 7.